The number of nitrogens with two attached hydrogens (primary N) is 1. The molecule has 3 heterocycles. The SMILES string of the molecule is CC1CC(C(=O)N=C(N)c2ccc(C(F)(F)F)nc2-c2ccc(F)s2)CCN1c1cc(Br)cc(F)c1C#N. The molecule has 0 aliphatic carbocycles. The second-order valence-electron chi connectivity index (χ2n) is 8.69. The molecule has 1 aromatic carbocycles. The number of nitrogens with zero attached hydrogens (tertiary/aromatic N) is 4. The number of aliphatic imine (C=N–C) groups is 1. The molecule has 1 amide bonds. The first-order chi connectivity index (χ1) is 17.9. The number of rotatable bonds is 4. The summed E-state index contributed by atoms with van der Waals surface area (Å²) in [6, 6.07) is 8.62. The van der Waals surface area contributed by atoms with E-state index in [0.29, 0.717) is 40.9 Å². The molecule has 2 atom stereocenters. The minimum Gasteiger partial charge on any atom is -0.383 e. The topological polar surface area (TPSA) is 95.4 Å². The molecule has 6 nitrogen and oxygen atoms in total. The molecule has 0 spiro atoms. The molecule has 2 aromatic heterocycles. The molecular weight excluding hydrogens is 593 g/mol. The van der Waals surface area contributed by atoms with E-state index in [2.05, 4.69) is 25.9 Å². The average molecular weight is 612 g/mol. The first-order valence-electron chi connectivity index (χ1n) is 11.3. The second kappa shape index (κ2) is 10.8. The van der Waals surface area contributed by atoms with Gasteiger partial charge in [-0.3, -0.25) is 4.79 Å². The van der Waals surface area contributed by atoms with Crippen LogP contribution >= 0.6 is 27.3 Å². The number of hydrogen-bond acceptors (Lipinski definition) is 5. The first-order valence-corrected chi connectivity index (χ1v) is 12.9. The van der Waals surface area contributed by atoms with Crippen molar-refractivity contribution in [3.63, 3.8) is 0 Å². The predicted octanol–water partition coefficient (Wildman–Crippen LogP) is 6.28. The summed E-state index contributed by atoms with van der Waals surface area (Å²) in [5.74, 6) is -2.13. The predicted molar refractivity (Wildman–Crippen MR) is 137 cm³/mol. The third kappa shape index (κ3) is 5.71. The van der Waals surface area contributed by atoms with Crippen LogP contribution in [0.25, 0.3) is 10.6 Å². The van der Waals surface area contributed by atoms with E-state index in [9.17, 15) is 32.0 Å². The number of benzene rings is 1. The van der Waals surface area contributed by atoms with Crippen molar-refractivity contribution in [2.45, 2.75) is 32.0 Å². The number of carbonyl (C=O) groups excluding carboxylic acids is 1. The van der Waals surface area contributed by atoms with Gasteiger partial charge in [0.25, 0.3) is 5.91 Å². The molecule has 13 heteroatoms. The van der Waals surface area contributed by atoms with Gasteiger partial charge in [-0.2, -0.15) is 27.8 Å². The smallest absolute Gasteiger partial charge is 0.383 e. The Morgan fingerprint density at radius 2 is 2.00 bits per heavy atom. The number of amidine groups is 1. The fourth-order valence-corrected chi connectivity index (χ4v) is 5.53. The molecule has 0 radical (unpaired) electrons. The summed E-state index contributed by atoms with van der Waals surface area (Å²) in [5.41, 5.74) is 4.92. The highest BCUT2D eigenvalue weighted by Crippen LogP contribution is 2.36. The van der Waals surface area contributed by atoms with E-state index >= 15 is 0 Å². The lowest BCUT2D eigenvalue weighted by atomic mass is 9.90. The summed E-state index contributed by atoms with van der Waals surface area (Å²) in [5, 5.41) is 8.79. The molecule has 1 fully saturated rings. The molecule has 3 aromatic rings. The summed E-state index contributed by atoms with van der Waals surface area (Å²) in [6.07, 6.45) is -4.09. The molecule has 2 N–H and O–H groups in total. The Bertz CT molecular complexity index is 1470. The third-order valence-electron chi connectivity index (χ3n) is 6.18. The number of aromatic nitrogens is 1. The molecule has 38 heavy (non-hydrogen) atoms. The van der Waals surface area contributed by atoms with Gasteiger partial charge >= 0.3 is 6.18 Å². The Hall–Kier alpha value is -3.37. The van der Waals surface area contributed by atoms with Gasteiger partial charge < -0.3 is 10.6 Å². The number of nitriles is 1. The van der Waals surface area contributed by atoms with Crippen LogP contribution in [0.3, 0.4) is 0 Å². The van der Waals surface area contributed by atoms with Gasteiger partial charge in [0, 0.05) is 28.5 Å². The van der Waals surface area contributed by atoms with Crippen LogP contribution in [0.4, 0.5) is 27.6 Å². The Balaban J connectivity index is 1.59. The summed E-state index contributed by atoms with van der Waals surface area (Å²) in [7, 11) is 0. The van der Waals surface area contributed by atoms with Gasteiger partial charge in [-0.05, 0) is 56.2 Å². The summed E-state index contributed by atoms with van der Waals surface area (Å²) in [4.78, 5) is 22.5. The number of amides is 1. The van der Waals surface area contributed by atoms with Crippen LogP contribution in [0.15, 0.2) is 45.9 Å². The lowest BCUT2D eigenvalue weighted by Crippen LogP contribution is -2.43. The Kier molecular flexibility index (Phi) is 7.85. The maximum absolute atomic E-state index is 14.3. The van der Waals surface area contributed by atoms with Gasteiger partial charge in [-0.25, -0.2) is 9.37 Å². The number of piperidine rings is 1. The van der Waals surface area contributed by atoms with Gasteiger partial charge in [-0.15, -0.1) is 11.3 Å². The van der Waals surface area contributed by atoms with Crippen LogP contribution in [0.2, 0.25) is 0 Å². The lowest BCUT2D eigenvalue weighted by molar-refractivity contribution is -0.141. The molecular formula is C25H19BrF5N5OS. The number of hydrogen-bond donors (Lipinski definition) is 1. The van der Waals surface area contributed by atoms with E-state index in [1.807, 2.05) is 17.9 Å². The highest BCUT2D eigenvalue weighted by molar-refractivity contribution is 9.10. The zero-order chi connectivity index (χ0) is 27.8. The van der Waals surface area contributed by atoms with Crippen LogP contribution in [-0.4, -0.2) is 29.3 Å². The maximum atomic E-state index is 14.3. The van der Waals surface area contributed by atoms with Crippen molar-refractivity contribution in [1.29, 1.82) is 5.26 Å². The van der Waals surface area contributed by atoms with E-state index < -0.39 is 34.6 Å². The first kappa shape index (κ1) is 27.7. The van der Waals surface area contributed by atoms with Gasteiger partial charge in [0.2, 0.25) is 0 Å². The van der Waals surface area contributed by atoms with Gasteiger partial charge in [-0.1, -0.05) is 15.9 Å². The normalized spacial score (nSPS) is 18.4. The van der Waals surface area contributed by atoms with E-state index in [0.717, 1.165) is 18.2 Å². The number of halogens is 6. The molecule has 1 aliphatic heterocycles. The van der Waals surface area contributed by atoms with Crippen LogP contribution < -0.4 is 10.6 Å². The highest BCUT2D eigenvalue weighted by Gasteiger charge is 2.34. The van der Waals surface area contributed by atoms with E-state index in [-0.39, 0.29) is 33.6 Å². The molecule has 4 rings (SSSR count). The largest absolute Gasteiger partial charge is 0.433 e. The Morgan fingerprint density at radius 3 is 2.61 bits per heavy atom. The van der Waals surface area contributed by atoms with Crippen molar-refractivity contribution in [1.82, 2.24) is 4.98 Å². The zero-order valence-electron chi connectivity index (χ0n) is 19.7. The number of alkyl halides is 3. The van der Waals surface area contributed by atoms with E-state index in [1.54, 1.807) is 6.07 Å². The van der Waals surface area contributed by atoms with E-state index in [1.165, 1.54) is 12.1 Å². The maximum Gasteiger partial charge on any atom is 0.433 e. The number of thiophene rings is 1. The standard InChI is InChI=1S/C25H19BrF5N5OS/c1-12-8-13(6-7-36(12)18-10-14(26)9-17(27)16(18)11-32)24(37)35-23(33)15-2-4-20(25(29,30)31)34-22(15)19-3-5-21(28)38-19/h2-5,9-10,12-13H,6-8H2,1H3,(H2,33,35,37). The minimum absolute atomic E-state index is 0.0260. The average Bonchev–Trinajstić information content (AvgIpc) is 3.28. The molecule has 198 valence electrons. The van der Waals surface area contributed by atoms with Crippen LogP contribution in [0, 0.1) is 28.2 Å². The minimum atomic E-state index is -4.74. The molecule has 2 unspecified atom stereocenters. The van der Waals surface area contributed by atoms with E-state index in [4.69, 9.17) is 5.73 Å². The summed E-state index contributed by atoms with van der Waals surface area (Å²) in [6.45, 7) is 2.16. The van der Waals surface area contributed by atoms with Crippen molar-refractivity contribution in [3.05, 3.63) is 68.6 Å². The number of carbonyl (C=O) groups is 1. The van der Waals surface area contributed by atoms with Crippen molar-refractivity contribution >= 4 is 44.7 Å². The lowest BCUT2D eigenvalue weighted by Gasteiger charge is -2.38. The fraction of sp³-hybridized carbons (Fsp3) is 0.280. The van der Waals surface area contributed by atoms with Gasteiger partial charge in [0.1, 0.15) is 29.0 Å². The molecule has 0 bridgehead atoms. The van der Waals surface area contributed by atoms with Crippen molar-refractivity contribution in [2.75, 3.05) is 11.4 Å². The fourth-order valence-electron chi connectivity index (χ4n) is 4.37. The summed E-state index contributed by atoms with van der Waals surface area (Å²) >= 11 is 3.83. The molecule has 1 aliphatic rings. The van der Waals surface area contributed by atoms with Gasteiger partial charge in [0.05, 0.1) is 16.3 Å². The number of anilines is 1. The molecule has 1 saturated heterocycles. The van der Waals surface area contributed by atoms with Crippen molar-refractivity contribution in [2.24, 2.45) is 16.6 Å². The van der Waals surface area contributed by atoms with Gasteiger partial charge in [0.15, 0.2) is 5.13 Å². The Labute approximate surface area is 226 Å². The van der Waals surface area contributed by atoms with Crippen molar-refractivity contribution in [3.8, 4) is 16.6 Å². The third-order valence-corrected chi connectivity index (χ3v) is 7.52. The monoisotopic (exact) mass is 611 g/mol. The number of pyridine rings is 1. The zero-order valence-corrected chi connectivity index (χ0v) is 22.1. The highest BCUT2D eigenvalue weighted by atomic mass is 79.9. The van der Waals surface area contributed by atoms with Crippen LogP contribution in [0.1, 0.15) is 36.6 Å². The van der Waals surface area contributed by atoms with Crippen LogP contribution in [0.5, 0.6) is 0 Å². The van der Waals surface area contributed by atoms with Crippen LogP contribution in [-0.2, 0) is 11.0 Å². The summed E-state index contributed by atoms with van der Waals surface area (Å²) < 4.78 is 68.2. The molecule has 0 saturated carbocycles. The second-order valence-corrected chi connectivity index (χ2v) is 10.6. The van der Waals surface area contributed by atoms with Crippen molar-refractivity contribution < 1.29 is 26.7 Å². The quantitative estimate of drug-likeness (QED) is 0.213. The Morgan fingerprint density at radius 1 is 1.26 bits per heavy atom.